The number of rotatable bonds is 5. The number of carbonyl (C=O) groups excluding carboxylic acids is 1. The summed E-state index contributed by atoms with van der Waals surface area (Å²) in [4.78, 5) is 18.4. The third-order valence-corrected chi connectivity index (χ3v) is 3.14. The second kappa shape index (κ2) is 6.34. The maximum Gasteiger partial charge on any atom is 0.221 e. The molecule has 0 fully saturated rings. The number of nitrogens with one attached hydrogen (secondary N) is 3. The molecule has 5 nitrogen and oxygen atoms in total. The number of aromatic nitrogens is 2. The number of aromatic amines is 1. The summed E-state index contributed by atoms with van der Waals surface area (Å²) in [5.74, 6) is 0.849. The molecule has 0 bridgehead atoms. The smallest absolute Gasteiger partial charge is 0.221 e. The summed E-state index contributed by atoms with van der Waals surface area (Å²) in [6.07, 6.45) is 3.56. The van der Waals surface area contributed by atoms with Gasteiger partial charge in [0.15, 0.2) is 0 Å². The van der Waals surface area contributed by atoms with Crippen LogP contribution in [0.2, 0.25) is 0 Å². The van der Waals surface area contributed by atoms with Crippen LogP contribution in [0, 0.1) is 0 Å². The zero-order valence-electron chi connectivity index (χ0n) is 12.0. The van der Waals surface area contributed by atoms with Crippen molar-refractivity contribution in [1.29, 1.82) is 0 Å². The Balaban J connectivity index is 2.05. The Morgan fingerprint density at radius 3 is 2.75 bits per heavy atom. The minimum Gasteiger partial charge on any atom is -0.347 e. The molecule has 0 spiro atoms. The highest BCUT2D eigenvalue weighted by atomic mass is 16.1. The van der Waals surface area contributed by atoms with Gasteiger partial charge < -0.3 is 15.6 Å². The van der Waals surface area contributed by atoms with Gasteiger partial charge in [-0.15, -0.1) is 0 Å². The lowest BCUT2D eigenvalue weighted by atomic mass is 10.1. The van der Waals surface area contributed by atoms with Crippen LogP contribution >= 0.6 is 0 Å². The lowest BCUT2D eigenvalue weighted by molar-refractivity contribution is -0.114. The SMILES string of the molecule is CC(=O)Nc1cccc(C(C)NC(C)c2ncc[nH]2)c1. The fourth-order valence-electron chi connectivity index (χ4n) is 2.15. The molecule has 0 aliphatic heterocycles. The molecule has 1 aromatic carbocycles. The lowest BCUT2D eigenvalue weighted by Crippen LogP contribution is -2.23. The van der Waals surface area contributed by atoms with Crippen LogP contribution < -0.4 is 10.6 Å². The molecule has 5 heteroatoms. The van der Waals surface area contributed by atoms with E-state index in [2.05, 4.69) is 34.4 Å². The minimum absolute atomic E-state index is 0.0632. The number of imidazole rings is 1. The van der Waals surface area contributed by atoms with Crippen molar-refractivity contribution in [2.45, 2.75) is 32.9 Å². The van der Waals surface area contributed by atoms with Gasteiger partial charge in [0.1, 0.15) is 5.82 Å². The van der Waals surface area contributed by atoms with E-state index in [9.17, 15) is 4.79 Å². The number of carbonyl (C=O) groups is 1. The zero-order valence-corrected chi connectivity index (χ0v) is 12.0. The third kappa shape index (κ3) is 3.68. The number of hydrogen-bond acceptors (Lipinski definition) is 3. The van der Waals surface area contributed by atoms with Gasteiger partial charge in [-0.2, -0.15) is 0 Å². The molecule has 1 amide bonds. The van der Waals surface area contributed by atoms with Crippen molar-refractivity contribution in [3.05, 3.63) is 48.0 Å². The van der Waals surface area contributed by atoms with Gasteiger partial charge in [-0.25, -0.2) is 4.98 Å². The first kappa shape index (κ1) is 14.3. The van der Waals surface area contributed by atoms with E-state index in [1.165, 1.54) is 6.92 Å². The van der Waals surface area contributed by atoms with Gasteiger partial charge in [0.05, 0.1) is 6.04 Å². The topological polar surface area (TPSA) is 69.8 Å². The van der Waals surface area contributed by atoms with Crippen LogP contribution in [0.25, 0.3) is 0 Å². The first-order chi connectivity index (χ1) is 9.56. The van der Waals surface area contributed by atoms with Gasteiger partial charge in [-0.3, -0.25) is 4.79 Å². The van der Waals surface area contributed by atoms with Gasteiger partial charge in [0.25, 0.3) is 0 Å². The van der Waals surface area contributed by atoms with Crippen molar-refractivity contribution < 1.29 is 4.79 Å². The highest BCUT2D eigenvalue weighted by Crippen LogP contribution is 2.20. The molecule has 0 radical (unpaired) electrons. The Labute approximate surface area is 118 Å². The van der Waals surface area contributed by atoms with Crippen LogP contribution in [-0.4, -0.2) is 15.9 Å². The summed E-state index contributed by atoms with van der Waals surface area (Å²) in [7, 11) is 0. The molecule has 0 aliphatic rings. The lowest BCUT2D eigenvalue weighted by Gasteiger charge is -2.19. The Morgan fingerprint density at radius 2 is 2.10 bits per heavy atom. The third-order valence-electron chi connectivity index (χ3n) is 3.14. The second-order valence-corrected chi connectivity index (χ2v) is 4.89. The van der Waals surface area contributed by atoms with Crippen LogP contribution in [0.3, 0.4) is 0 Å². The number of hydrogen-bond donors (Lipinski definition) is 3. The summed E-state index contributed by atoms with van der Waals surface area (Å²) in [6, 6.07) is 8.13. The molecule has 2 rings (SSSR count). The molecule has 2 atom stereocenters. The molecule has 20 heavy (non-hydrogen) atoms. The fourth-order valence-corrected chi connectivity index (χ4v) is 2.15. The van der Waals surface area contributed by atoms with Crippen LogP contribution in [-0.2, 0) is 4.79 Å². The highest BCUT2D eigenvalue weighted by molar-refractivity contribution is 5.88. The maximum absolute atomic E-state index is 11.1. The predicted octanol–water partition coefficient (Wildman–Crippen LogP) is 2.78. The Bertz CT molecular complexity index is 565. The molecule has 0 saturated heterocycles. The van der Waals surface area contributed by atoms with Crippen molar-refractivity contribution in [3.63, 3.8) is 0 Å². The zero-order chi connectivity index (χ0) is 14.5. The Morgan fingerprint density at radius 1 is 1.30 bits per heavy atom. The summed E-state index contributed by atoms with van der Waals surface area (Å²) in [5, 5.41) is 6.27. The van der Waals surface area contributed by atoms with Gasteiger partial charge in [-0.1, -0.05) is 12.1 Å². The van der Waals surface area contributed by atoms with E-state index in [-0.39, 0.29) is 18.0 Å². The number of anilines is 1. The van der Waals surface area contributed by atoms with E-state index in [1.54, 1.807) is 6.20 Å². The first-order valence-electron chi connectivity index (χ1n) is 6.69. The first-order valence-corrected chi connectivity index (χ1v) is 6.69. The van der Waals surface area contributed by atoms with E-state index < -0.39 is 0 Å². The van der Waals surface area contributed by atoms with Gasteiger partial charge in [-0.05, 0) is 31.5 Å². The average molecular weight is 272 g/mol. The monoisotopic (exact) mass is 272 g/mol. The normalized spacial score (nSPS) is 13.8. The van der Waals surface area contributed by atoms with E-state index in [0.29, 0.717) is 0 Å². The summed E-state index contributed by atoms with van der Waals surface area (Å²) in [5.41, 5.74) is 1.93. The summed E-state index contributed by atoms with van der Waals surface area (Å²) in [6.45, 7) is 5.66. The van der Waals surface area contributed by atoms with E-state index >= 15 is 0 Å². The number of nitrogens with zero attached hydrogens (tertiary/aromatic N) is 1. The van der Waals surface area contributed by atoms with Crippen molar-refractivity contribution in [1.82, 2.24) is 15.3 Å². The highest BCUT2D eigenvalue weighted by Gasteiger charge is 2.13. The average Bonchev–Trinajstić information content (AvgIpc) is 2.92. The van der Waals surface area contributed by atoms with Crippen LogP contribution in [0.4, 0.5) is 5.69 Å². The molecular formula is C15H20N4O. The van der Waals surface area contributed by atoms with Crippen LogP contribution in [0.5, 0.6) is 0 Å². The molecular weight excluding hydrogens is 252 g/mol. The van der Waals surface area contributed by atoms with Crippen LogP contribution in [0.15, 0.2) is 36.7 Å². The van der Waals surface area contributed by atoms with Crippen molar-refractivity contribution >= 4 is 11.6 Å². The van der Waals surface area contributed by atoms with Gasteiger partial charge in [0, 0.05) is 31.0 Å². The Kier molecular flexibility index (Phi) is 4.53. The number of amides is 1. The predicted molar refractivity (Wildman–Crippen MR) is 79.3 cm³/mol. The van der Waals surface area contributed by atoms with E-state index in [4.69, 9.17) is 0 Å². The van der Waals surface area contributed by atoms with Crippen molar-refractivity contribution in [2.75, 3.05) is 5.32 Å². The van der Waals surface area contributed by atoms with Gasteiger partial charge >= 0.3 is 0 Å². The number of H-pyrrole nitrogens is 1. The van der Waals surface area contributed by atoms with E-state index in [1.807, 2.05) is 30.5 Å². The number of benzene rings is 1. The van der Waals surface area contributed by atoms with Crippen molar-refractivity contribution in [2.24, 2.45) is 0 Å². The van der Waals surface area contributed by atoms with Crippen LogP contribution in [0.1, 0.15) is 44.2 Å². The molecule has 2 aromatic rings. The second-order valence-electron chi connectivity index (χ2n) is 4.89. The Hall–Kier alpha value is -2.14. The molecule has 1 heterocycles. The molecule has 0 saturated carbocycles. The molecule has 1 aromatic heterocycles. The molecule has 2 unspecified atom stereocenters. The summed E-state index contributed by atoms with van der Waals surface area (Å²) < 4.78 is 0. The minimum atomic E-state index is -0.0632. The largest absolute Gasteiger partial charge is 0.347 e. The molecule has 106 valence electrons. The molecule has 3 N–H and O–H groups in total. The summed E-state index contributed by atoms with van der Waals surface area (Å²) >= 11 is 0. The van der Waals surface area contributed by atoms with Crippen molar-refractivity contribution in [3.8, 4) is 0 Å². The standard InChI is InChI=1S/C15H20N4O/c1-10(18-11(2)15-16-7-8-17-15)13-5-4-6-14(9-13)19-12(3)20/h4-11,18H,1-3H3,(H,16,17)(H,19,20). The van der Waals surface area contributed by atoms with Gasteiger partial charge in [0.2, 0.25) is 5.91 Å². The van der Waals surface area contributed by atoms with E-state index in [0.717, 1.165) is 17.1 Å². The maximum atomic E-state index is 11.1. The fraction of sp³-hybridized carbons (Fsp3) is 0.333. The quantitative estimate of drug-likeness (QED) is 0.784. The molecule has 0 aliphatic carbocycles.